The molecule has 2 heterocycles. The van der Waals surface area contributed by atoms with E-state index in [1.54, 1.807) is 0 Å². The van der Waals surface area contributed by atoms with Crippen molar-refractivity contribution in [3.05, 3.63) is 11.7 Å². The molecule has 1 N–H and O–H groups in total. The summed E-state index contributed by atoms with van der Waals surface area (Å²) in [6.45, 7) is 7.20. The van der Waals surface area contributed by atoms with Crippen LogP contribution >= 0.6 is 24.0 Å². The Morgan fingerprint density at radius 2 is 1.96 bits per heavy atom. The molecule has 1 saturated carbocycles. The fourth-order valence-corrected chi connectivity index (χ4v) is 4.59. The number of ether oxygens (including phenoxy) is 1. The fraction of sp³-hybridized carbons (Fsp3) is 0.850. The van der Waals surface area contributed by atoms with Gasteiger partial charge in [-0.15, -0.1) is 24.0 Å². The first-order valence-electron chi connectivity index (χ1n) is 10.6. The Kier molecular flexibility index (Phi) is 9.46. The summed E-state index contributed by atoms with van der Waals surface area (Å²) >= 11 is 0. The fourth-order valence-electron chi connectivity index (χ4n) is 4.59. The summed E-state index contributed by atoms with van der Waals surface area (Å²) in [5.41, 5.74) is 0.483. The molecular weight excluding hydrogens is 469 g/mol. The zero-order valence-electron chi connectivity index (χ0n) is 17.6. The number of nitrogens with one attached hydrogen (secondary N) is 1. The van der Waals surface area contributed by atoms with Gasteiger partial charge in [0.2, 0.25) is 5.89 Å². The number of nitrogens with zero attached hydrogens (tertiary/aromatic N) is 4. The Morgan fingerprint density at radius 1 is 1.25 bits per heavy atom. The van der Waals surface area contributed by atoms with E-state index < -0.39 is 0 Å². The first-order chi connectivity index (χ1) is 13.2. The first kappa shape index (κ1) is 23.4. The predicted octanol–water partition coefficient (Wildman–Crippen LogP) is 4.30. The number of halogens is 1. The van der Waals surface area contributed by atoms with Crippen molar-refractivity contribution in [1.29, 1.82) is 0 Å². The summed E-state index contributed by atoms with van der Waals surface area (Å²) in [5.74, 6) is 2.11. The lowest BCUT2D eigenvalue weighted by Gasteiger charge is -2.44. The molecule has 0 radical (unpaired) electrons. The van der Waals surface area contributed by atoms with E-state index >= 15 is 0 Å². The van der Waals surface area contributed by atoms with E-state index in [4.69, 9.17) is 9.26 Å². The van der Waals surface area contributed by atoms with Gasteiger partial charge in [-0.25, -0.2) is 0 Å². The molecule has 1 spiro atoms. The van der Waals surface area contributed by atoms with Gasteiger partial charge in [0.05, 0.1) is 6.54 Å². The maximum Gasteiger partial charge on any atom is 0.246 e. The average Bonchev–Trinajstić information content (AvgIpc) is 3.04. The predicted molar refractivity (Wildman–Crippen MR) is 121 cm³/mol. The number of guanidine groups is 1. The number of hydrogen-bond acceptors (Lipinski definition) is 5. The van der Waals surface area contributed by atoms with Gasteiger partial charge >= 0.3 is 0 Å². The molecule has 8 heteroatoms. The highest BCUT2D eigenvalue weighted by molar-refractivity contribution is 14.0. The van der Waals surface area contributed by atoms with E-state index in [0.29, 0.717) is 30.3 Å². The maximum absolute atomic E-state index is 5.52. The molecule has 1 aliphatic heterocycles. The third-order valence-electron chi connectivity index (χ3n) is 6.00. The number of aliphatic imine (C=N–C) groups is 1. The SMILES string of the molecule is CCOC(C)c1noc(CNC(=NC)N2CCCC3(CCCCCC3)C2)n1.I. The van der Waals surface area contributed by atoms with Crippen LogP contribution in [0, 0.1) is 5.41 Å². The quantitative estimate of drug-likeness (QED) is 0.366. The van der Waals surface area contributed by atoms with Crippen LogP contribution in [0.2, 0.25) is 0 Å². The van der Waals surface area contributed by atoms with Crippen molar-refractivity contribution in [1.82, 2.24) is 20.4 Å². The molecule has 1 atom stereocenters. The van der Waals surface area contributed by atoms with Crippen LogP contribution in [0.4, 0.5) is 0 Å². The van der Waals surface area contributed by atoms with E-state index in [1.165, 1.54) is 51.4 Å². The topological polar surface area (TPSA) is 75.8 Å². The van der Waals surface area contributed by atoms with Gasteiger partial charge in [-0.05, 0) is 44.9 Å². The highest BCUT2D eigenvalue weighted by Gasteiger charge is 2.36. The summed E-state index contributed by atoms with van der Waals surface area (Å²) < 4.78 is 10.9. The van der Waals surface area contributed by atoms with Crippen LogP contribution < -0.4 is 5.32 Å². The number of hydrogen-bond donors (Lipinski definition) is 1. The minimum Gasteiger partial charge on any atom is -0.371 e. The first-order valence-corrected chi connectivity index (χ1v) is 10.6. The minimum absolute atomic E-state index is 0. The number of piperidine rings is 1. The summed E-state index contributed by atoms with van der Waals surface area (Å²) in [4.78, 5) is 11.4. The maximum atomic E-state index is 5.52. The Bertz CT molecular complexity index is 613. The lowest BCUT2D eigenvalue weighted by molar-refractivity contribution is 0.0683. The van der Waals surface area contributed by atoms with E-state index in [1.807, 2.05) is 20.9 Å². The Hall–Kier alpha value is -0.900. The zero-order valence-corrected chi connectivity index (χ0v) is 19.9. The Balaban J connectivity index is 0.00000280. The van der Waals surface area contributed by atoms with Gasteiger partial charge in [0.1, 0.15) is 6.10 Å². The average molecular weight is 505 g/mol. The van der Waals surface area contributed by atoms with Crippen molar-refractivity contribution in [2.45, 2.75) is 77.9 Å². The van der Waals surface area contributed by atoms with E-state index in [-0.39, 0.29) is 30.1 Å². The summed E-state index contributed by atoms with van der Waals surface area (Å²) in [6.07, 6.45) is 10.7. The van der Waals surface area contributed by atoms with Crippen molar-refractivity contribution >= 4 is 29.9 Å². The van der Waals surface area contributed by atoms with Crippen molar-refractivity contribution in [2.24, 2.45) is 10.4 Å². The molecule has 28 heavy (non-hydrogen) atoms. The number of aromatic nitrogens is 2. The monoisotopic (exact) mass is 505 g/mol. The molecule has 1 aromatic rings. The molecule has 1 unspecified atom stereocenters. The molecule has 0 aromatic carbocycles. The summed E-state index contributed by atoms with van der Waals surface area (Å²) in [6, 6.07) is 0. The van der Waals surface area contributed by atoms with Crippen LogP contribution in [0.1, 0.15) is 83.0 Å². The van der Waals surface area contributed by atoms with Crippen LogP contribution in [-0.2, 0) is 11.3 Å². The highest BCUT2D eigenvalue weighted by atomic mass is 127. The lowest BCUT2D eigenvalue weighted by atomic mass is 9.74. The standard InChI is InChI=1S/C20H35N5O2.HI/c1-4-26-16(2)18-23-17(27-24-18)14-22-19(21-3)25-13-9-12-20(15-25)10-7-5-6-8-11-20;/h16H,4-15H2,1-3H3,(H,21,22);1H. The Labute approximate surface area is 186 Å². The highest BCUT2D eigenvalue weighted by Crippen LogP contribution is 2.42. The van der Waals surface area contributed by atoms with Crippen molar-refractivity contribution < 1.29 is 9.26 Å². The molecule has 1 aromatic heterocycles. The lowest BCUT2D eigenvalue weighted by Crippen LogP contribution is -2.50. The van der Waals surface area contributed by atoms with E-state index in [2.05, 4.69) is 25.3 Å². The van der Waals surface area contributed by atoms with Crippen LogP contribution in [-0.4, -0.2) is 47.7 Å². The van der Waals surface area contributed by atoms with Crippen LogP contribution in [0.5, 0.6) is 0 Å². The van der Waals surface area contributed by atoms with Gasteiger partial charge in [-0.2, -0.15) is 4.98 Å². The smallest absolute Gasteiger partial charge is 0.246 e. The third-order valence-corrected chi connectivity index (χ3v) is 6.00. The van der Waals surface area contributed by atoms with Crippen molar-refractivity contribution in [2.75, 3.05) is 26.7 Å². The molecule has 3 rings (SSSR count). The largest absolute Gasteiger partial charge is 0.371 e. The number of likely N-dealkylation sites (tertiary alicyclic amines) is 1. The van der Waals surface area contributed by atoms with Crippen molar-refractivity contribution in [3.63, 3.8) is 0 Å². The second-order valence-electron chi connectivity index (χ2n) is 7.98. The van der Waals surface area contributed by atoms with Gasteiger partial charge in [0, 0.05) is 26.7 Å². The Morgan fingerprint density at radius 3 is 2.64 bits per heavy atom. The van der Waals surface area contributed by atoms with E-state index in [0.717, 1.165) is 19.0 Å². The molecule has 7 nitrogen and oxygen atoms in total. The van der Waals surface area contributed by atoms with Crippen molar-refractivity contribution in [3.8, 4) is 0 Å². The third kappa shape index (κ3) is 6.05. The molecule has 1 aliphatic carbocycles. The molecule has 2 fully saturated rings. The summed E-state index contributed by atoms with van der Waals surface area (Å²) in [7, 11) is 1.85. The van der Waals surface area contributed by atoms with Gasteiger partial charge in [-0.3, -0.25) is 4.99 Å². The van der Waals surface area contributed by atoms with Gasteiger partial charge < -0.3 is 19.5 Å². The molecule has 0 amide bonds. The van der Waals surface area contributed by atoms with E-state index in [9.17, 15) is 0 Å². The normalized spacial score (nSPS) is 21.1. The molecule has 1 saturated heterocycles. The number of rotatable bonds is 5. The molecule has 0 bridgehead atoms. The van der Waals surface area contributed by atoms with Gasteiger partial charge in [0.25, 0.3) is 0 Å². The van der Waals surface area contributed by atoms with Gasteiger partial charge in [-0.1, -0.05) is 30.8 Å². The zero-order chi connectivity index (χ0) is 19.1. The van der Waals surface area contributed by atoms with Gasteiger partial charge in [0.15, 0.2) is 11.8 Å². The molecule has 2 aliphatic rings. The summed E-state index contributed by atoms with van der Waals surface area (Å²) in [5, 5.41) is 7.44. The molecular formula is C20H36IN5O2. The second-order valence-corrected chi connectivity index (χ2v) is 7.98. The van der Waals surface area contributed by atoms with Crippen LogP contribution in [0.25, 0.3) is 0 Å². The molecule has 160 valence electrons. The van der Waals surface area contributed by atoms with Crippen LogP contribution in [0.3, 0.4) is 0 Å². The second kappa shape index (κ2) is 11.3. The van der Waals surface area contributed by atoms with Crippen LogP contribution in [0.15, 0.2) is 9.52 Å². The minimum atomic E-state index is -0.149.